The van der Waals surface area contributed by atoms with E-state index in [0.717, 1.165) is 11.8 Å². The maximum absolute atomic E-state index is 12.5. The first-order valence-corrected chi connectivity index (χ1v) is 10.3. The fourth-order valence-corrected chi connectivity index (χ4v) is 4.97. The summed E-state index contributed by atoms with van der Waals surface area (Å²) >= 11 is 1.15. The Balaban J connectivity index is 2.03. The minimum atomic E-state index is -3.04. The fourth-order valence-electron chi connectivity index (χ4n) is 2.51. The molecule has 1 N–H and O–H groups in total. The van der Waals surface area contributed by atoms with Gasteiger partial charge in [0, 0.05) is 24.8 Å². The number of H-pyrrole nitrogens is 1. The number of aromatic amines is 1. The van der Waals surface area contributed by atoms with E-state index in [4.69, 9.17) is 0 Å². The van der Waals surface area contributed by atoms with Gasteiger partial charge in [0.2, 0.25) is 5.91 Å². The summed E-state index contributed by atoms with van der Waals surface area (Å²) in [6.45, 7) is 4.51. The maximum Gasteiger partial charge on any atom is 0.251 e. The van der Waals surface area contributed by atoms with Crippen molar-refractivity contribution in [1.29, 1.82) is 0 Å². The van der Waals surface area contributed by atoms with Crippen LogP contribution in [0, 0.1) is 5.92 Å². The van der Waals surface area contributed by atoms with E-state index in [0.29, 0.717) is 18.1 Å². The van der Waals surface area contributed by atoms with Crippen LogP contribution >= 0.6 is 11.8 Å². The Morgan fingerprint density at radius 1 is 1.52 bits per heavy atom. The van der Waals surface area contributed by atoms with Crippen molar-refractivity contribution in [2.45, 2.75) is 31.5 Å². The van der Waals surface area contributed by atoms with Gasteiger partial charge in [-0.05, 0) is 12.3 Å². The Morgan fingerprint density at radius 2 is 2.26 bits per heavy atom. The van der Waals surface area contributed by atoms with Crippen molar-refractivity contribution < 1.29 is 13.2 Å². The number of rotatable bonds is 6. The molecule has 0 radical (unpaired) electrons. The van der Waals surface area contributed by atoms with Gasteiger partial charge in [0.15, 0.2) is 15.0 Å². The van der Waals surface area contributed by atoms with Crippen molar-refractivity contribution in [3.8, 4) is 0 Å². The quantitative estimate of drug-likeness (QED) is 0.587. The summed E-state index contributed by atoms with van der Waals surface area (Å²) in [7, 11) is -3.04. The summed E-state index contributed by atoms with van der Waals surface area (Å²) < 4.78 is 23.4. The minimum Gasteiger partial charge on any atom is -0.338 e. The molecule has 2 rings (SSSR count). The zero-order valence-corrected chi connectivity index (χ0v) is 14.8. The molecule has 9 heteroatoms. The Bertz CT molecular complexity index is 715. The van der Waals surface area contributed by atoms with E-state index in [9.17, 15) is 18.0 Å². The zero-order chi connectivity index (χ0) is 17.0. The number of nitrogens with one attached hydrogen (secondary N) is 1. The lowest BCUT2D eigenvalue weighted by molar-refractivity contribution is -0.130. The molecule has 7 nitrogen and oxygen atoms in total. The molecule has 1 aromatic rings. The van der Waals surface area contributed by atoms with E-state index in [1.165, 1.54) is 12.3 Å². The molecule has 1 aliphatic rings. The van der Waals surface area contributed by atoms with E-state index in [1.807, 2.05) is 13.8 Å². The van der Waals surface area contributed by atoms with Crippen LogP contribution in [-0.2, 0) is 14.6 Å². The minimum absolute atomic E-state index is 0.0382. The predicted molar refractivity (Wildman–Crippen MR) is 89.2 cm³/mol. The van der Waals surface area contributed by atoms with Gasteiger partial charge in [-0.1, -0.05) is 25.6 Å². The summed E-state index contributed by atoms with van der Waals surface area (Å²) in [5.74, 6) is 0.423. The average molecular weight is 359 g/mol. The van der Waals surface area contributed by atoms with Gasteiger partial charge in [-0.25, -0.2) is 13.4 Å². The van der Waals surface area contributed by atoms with Gasteiger partial charge in [0.25, 0.3) is 5.56 Å². The van der Waals surface area contributed by atoms with E-state index < -0.39 is 9.84 Å². The van der Waals surface area contributed by atoms with Gasteiger partial charge in [-0.15, -0.1) is 0 Å². The first-order chi connectivity index (χ1) is 10.8. The standard InChI is InChI=1S/C14H21N3O4S2/c1-10(2)7-17(11-4-6-23(20,21)9-11)13(19)8-22-14-15-5-3-12(18)16-14/h3,5,10-11H,4,6-9H2,1-2H3,(H,15,16,18)/t11-/m1/s1. The normalized spacial score (nSPS) is 19.9. The third-order valence-electron chi connectivity index (χ3n) is 3.51. The molecule has 0 unspecified atom stereocenters. The molecule has 128 valence electrons. The largest absolute Gasteiger partial charge is 0.338 e. The molecule has 1 amide bonds. The summed E-state index contributed by atoms with van der Waals surface area (Å²) in [6.07, 6.45) is 1.88. The number of carbonyl (C=O) groups is 1. The molecule has 1 aromatic heterocycles. The molecular formula is C14H21N3O4S2. The van der Waals surface area contributed by atoms with Crippen LogP contribution in [0.4, 0.5) is 0 Å². The Morgan fingerprint density at radius 3 is 2.83 bits per heavy atom. The summed E-state index contributed by atoms with van der Waals surface area (Å²) in [6, 6.07) is 1.05. The van der Waals surface area contributed by atoms with Crippen LogP contribution in [0.3, 0.4) is 0 Å². The lowest BCUT2D eigenvalue weighted by Gasteiger charge is -2.29. The van der Waals surface area contributed by atoms with E-state index in [1.54, 1.807) is 4.90 Å². The topological polar surface area (TPSA) is 100 Å². The lowest BCUT2D eigenvalue weighted by atomic mass is 10.1. The molecule has 23 heavy (non-hydrogen) atoms. The number of thioether (sulfide) groups is 1. The van der Waals surface area contributed by atoms with Gasteiger partial charge < -0.3 is 9.88 Å². The number of sulfone groups is 1. The average Bonchev–Trinajstić information content (AvgIpc) is 2.82. The third-order valence-corrected chi connectivity index (χ3v) is 6.13. The molecule has 2 heterocycles. The fraction of sp³-hybridized carbons (Fsp3) is 0.643. The number of hydrogen-bond acceptors (Lipinski definition) is 6. The van der Waals surface area contributed by atoms with E-state index in [-0.39, 0.29) is 40.7 Å². The van der Waals surface area contributed by atoms with E-state index >= 15 is 0 Å². The van der Waals surface area contributed by atoms with E-state index in [2.05, 4.69) is 9.97 Å². The molecule has 1 fully saturated rings. The summed E-state index contributed by atoms with van der Waals surface area (Å²) in [5, 5.41) is 0.384. The van der Waals surface area contributed by atoms with Crippen LogP contribution in [0.1, 0.15) is 20.3 Å². The molecule has 1 aliphatic heterocycles. The number of amides is 1. The zero-order valence-electron chi connectivity index (χ0n) is 13.2. The predicted octanol–water partition coefficient (Wildman–Crippen LogP) is 0.534. The van der Waals surface area contributed by atoms with Crippen LogP contribution in [0.5, 0.6) is 0 Å². The van der Waals surface area contributed by atoms with Crippen LogP contribution in [0.2, 0.25) is 0 Å². The van der Waals surface area contributed by atoms with Crippen LogP contribution in [0.15, 0.2) is 22.2 Å². The number of aromatic nitrogens is 2. The number of hydrogen-bond donors (Lipinski definition) is 1. The molecule has 0 bridgehead atoms. The van der Waals surface area contributed by atoms with Gasteiger partial charge in [0.1, 0.15) is 0 Å². The van der Waals surface area contributed by atoms with Crippen molar-refractivity contribution in [3.05, 3.63) is 22.6 Å². The van der Waals surface area contributed by atoms with Crippen LogP contribution < -0.4 is 5.56 Å². The molecule has 0 aromatic carbocycles. The van der Waals surface area contributed by atoms with Gasteiger partial charge >= 0.3 is 0 Å². The monoisotopic (exact) mass is 359 g/mol. The molecule has 1 atom stereocenters. The Kier molecular flexibility index (Phi) is 5.85. The highest BCUT2D eigenvalue weighted by Gasteiger charge is 2.34. The molecule has 1 saturated heterocycles. The second-order valence-corrected chi connectivity index (χ2v) is 9.22. The van der Waals surface area contributed by atoms with Crippen molar-refractivity contribution in [2.24, 2.45) is 5.92 Å². The molecule has 0 saturated carbocycles. The summed E-state index contributed by atoms with van der Waals surface area (Å²) in [4.78, 5) is 32.0. The first kappa shape index (κ1) is 18.0. The van der Waals surface area contributed by atoms with Gasteiger partial charge in [0.05, 0.1) is 17.3 Å². The Hall–Kier alpha value is -1.35. The highest BCUT2D eigenvalue weighted by molar-refractivity contribution is 7.99. The van der Waals surface area contributed by atoms with Crippen LogP contribution in [0.25, 0.3) is 0 Å². The van der Waals surface area contributed by atoms with Crippen molar-refractivity contribution in [2.75, 3.05) is 23.8 Å². The molecule has 0 spiro atoms. The SMILES string of the molecule is CC(C)CN(C(=O)CSc1nccc(=O)[nH]1)[C@@H]1CCS(=O)(=O)C1. The second-order valence-electron chi connectivity index (χ2n) is 6.02. The van der Waals surface area contributed by atoms with Gasteiger partial charge in [-0.3, -0.25) is 9.59 Å². The highest BCUT2D eigenvalue weighted by atomic mass is 32.2. The summed E-state index contributed by atoms with van der Waals surface area (Å²) in [5.41, 5.74) is -0.268. The molecular weight excluding hydrogens is 338 g/mol. The maximum atomic E-state index is 12.5. The smallest absolute Gasteiger partial charge is 0.251 e. The second kappa shape index (κ2) is 7.48. The van der Waals surface area contributed by atoms with Crippen molar-refractivity contribution >= 4 is 27.5 Å². The molecule has 0 aliphatic carbocycles. The van der Waals surface area contributed by atoms with Crippen molar-refractivity contribution in [3.63, 3.8) is 0 Å². The number of nitrogens with zero attached hydrogens (tertiary/aromatic N) is 2. The first-order valence-electron chi connectivity index (χ1n) is 7.45. The van der Waals surface area contributed by atoms with Crippen LogP contribution in [-0.4, -0.2) is 59.0 Å². The Labute approximate surface area is 139 Å². The van der Waals surface area contributed by atoms with Crippen molar-refractivity contribution in [1.82, 2.24) is 14.9 Å². The number of carbonyl (C=O) groups excluding carboxylic acids is 1. The lowest BCUT2D eigenvalue weighted by Crippen LogP contribution is -2.44. The highest BCUT2D eigenvalue weighted by Crippen LogP contribution is 2.21. The van der Waals surface area contributed by atoms with Gasteiger partial charge in [-0.2, -0.15) is 0 Å². The third kappa shape index (κ3) is 5.35.